The molecule has 2 aliphatic rings. The Hall–Kier alpha value is -1.28. The summed E-state index contributed by atoms with van der Waals surface area (Å²) in [7, 11) is 0. The standard InChI is InChI=1S/C11H16N2O3/c1-10(2,3)16-9(14)13-11(6-12)4-7(11)8-5-15-8/h7-8H,4-5H2,1-3H3,(H,13,14). The van der Waals surface area contributed by atoms with E-state index in [1.165, 1.54) is 0 Å². The first-order valence-corrected chi connectivity index (χ1v) is 5.40. The molecule has 1 saturated heterocycles. The van der Waals surface area contributed by atoms with Crippen LogP contribution in [-0.2, 0) is 9.47 Å². The minimum absolute atomic E-state index is 0.130. The molecule has 1 aliphatic heterocycles. The summed E-state index contributed by atoms with van der Waals surface area (Å²) in [6.07, 6.45) is 0.278. The summed E-state index contributed by atoms with van der Waals surface area (Å²) in [6, 6.07) is 2.15. The Labute approximate surface area is 94.7 Å². The lowest BCUT2D eigenvalue weighted by Crippen LogP contribution is -2.41. The molecule has 3 atom stereocenters. The van der Waals surface area contributed by atoms with E-state index in [1.54, 1.807) is 20.8 Å². The molecule has 0 aromatic heterocycles. The predicted molar refractivity (Wildman–Crippen MR) is 55.6 cm³/mol. The zero-order chi connectivity index (χ0) is 12.0. The molecule has 1 aliphatic carbocycles. The van der Waals surface area contributed by atoms with Crippen LogP contribution in [-0.4, -0.2) is 29.9 Å². The zero-order valence-electron chi connectivity index (χ0n) is 9.74. The summed E-state index contributed by atoms with van der Waals surface area (Å²) in [5.74, 6) is 0.130. The number of alkyl carbamates (subject to hydrolysis) is 1. The predicted octanol–water partition coefficient (Wildman–Crippen LogP) is 1.19. The van der Waals surface area contributed by atoms with Gasteiger partial charge in [0.15, 0.2) is 0 Å². The van der Waals surface area contributed by atoms with Crippen molar-refractivity contribution >= 4 is 6.09 Å². The SMILES string of the molecule is CC(C)(C)OC(=O)NC1(C#N)CC1C1CO1. The van der Waals surface area contributed by atoms with Gasteiger partial charge in [0.2, 0.25) is 0 Å². The molecule has 0 aromatic carbocycles. The lowest BCUT2D eigenvalue weighted by molar-refractivity contribution is 0.0505. The largest absolute Gasteiger partial charge is 0.444 e. The summed E-state index contributed by atoms with van der Waals surface area (Å²) in [5, 5.41) is 11.7. The molecule has 88 valence electrons. The van der Waals surface area contributed by atoms with E-state index < -0.39 is 17.2 Å². The Morgan fingerprint density at radius 2 is 2.25 bits per heavy atom. The summed E-state index contributed by atoms with van der Waals surface area (Å²) in [6.45, 7) is 6.07. The highest BCUT2D eigenvalue weighted by Crippen LogP contribution is 2.50. The smallest absolute Gasteiger partial charge is 0.408 e. The molecule has 0 bridgehead atoms. The highest BCUT2D eigenvalue weighted by atomic mass is 16.6. The summed E-state index contributed by atoms with van der Waals surface area (Å²) in [5.41, 5.74) is -1.30. The van der Waals surface area contributed by atoms with Gasteiger partial charge in [-0.25, -0.2) is 4.79 Å². The van der Waals surface area contributed by atoms with E-state index in [0.717, 1.165) is 0 Å². The second kappa shape index (κ2) is 3.36. The normalized spacial score (nSPS) is 36.1. The number of nitriles is 1. The average Bonchev–Trinajstić information content (AvgIpc) is 2.93. The first-order valence-electron chi connectivity index (χ1n) is 5.40. The van der Waals surface area contributed by atoms with Crippen LogP contribution in [0.15, 0.2) is 0 Å². The molecule has 0 aromatic rings. The van der Waals surface area contributed by atoms with Gasteiger partial charge in [-0.2, -0.15) is 5.26 Å². The molecule has 2 fully saturated rings. The van der Waals surface area contributed by atoms with Gasteiger partial charge in [-0.15, -0.1) is 0 Å². The third kappa shape index (κ3) is 2.27. The summed E-state index contributed by atoms with van der Waals surface area (Å²) >= 11 is 0. The lowest BCUT2D eigenvalue weighted by Gasteiger charge is -2.21. The fourth-order valence-electron chi connectivity index (χ4n) is 1.81. The number of epoxide rings is 1. The lowest BCUT2D eigenvalue weighted by atomic mass is 10.2. The fraction of sp³-hybridized carbons (Fsp3) is 0.818. The van der Waals surface area contributed by atoms with E-state index in [2.05, 4.69) is 11.4 Å². The number of rotatable bonds is 2. The zero-order valence-corrected chi connectivity index (χ0v) is 9.74. The topological polar surface area (TPSA) is 74.6 Å². The van der Waals surface area contributed by atoms with Gasteiger partial charge in [-0.1, -0.05) is 0 Å². The van der Waals surface area contributed by atoms with Crippen molar-refractivity contribution in [1.29, 1.82) is 5.26 Å². The van der Waals surface area contributed by atoms with Gasteiger partial charge in [-0.3, -0.25) is 0 Å². The number of carbonyl (C=O) groups is 1. The third-order valence-electron chi connectivity index (χ3n) is 2.75. The van der Waals surface area contributed by atoms with Crippen LogP contribution in [0.3, 0.4) is 0 Å². The quantitative estimate of drug-likeness (QED) is 0.715. The van der Waals surface area contributed by atoms with E-state index in [-0.39, 0.29) is 12.0 Å². The van der Waals surface area contributed by atoms with E-state index in [4.69, 9.17) is 14.7 Å². The van der Waals surface area contributed by atoms with Crippen molar-refractivity contribution in [1.82, 2.24) is 5.32 Å². The van der Waals surface area contributed by atoms with E-state index in [1.807, 2.05) is 0 Å². The molecule has 1 saturated carbocycles. The van der Waals surface area contributed by atoms with Crippen molar-refractivity contribution < 1.29 is 14.3 Å². The van der Waals surface area contributed by atoms with Crippen molar-refractivity contribution in [3.05, 3.63) is 0 Å². The van der Waals surface area contributed by atoms with Crippen molar-refractivity contribution in [3.63, 3.8) is 0 Å². The molecule has 3 unspecified atom stereocenters. The monoisotopic (exact) mass is 224 g/mol. The van der Waals surface area contributed by atoms with Crippen LogP contribution in [0.4, 0.5) is 4.79 Å². The van der Waals surface area contributed by atoms with Crippen LogP contribution in [0.25, 0.3) is 0 Å². The number of nitrogens with one attached hydrogen (secondary N) is 1. The second-order valence-electron chi connectivity index (χ2n) is 5.39. The van der Waals surface area contributed by atoms with Crippen molar-refractivity contribution in [2.45, 2.75) is 44.4 Å². The molecular weight excluding hydrogens is 208 g/mol. The number of amides is 1. The fourth-order valence-corrected chi connectivity index (χ4v) is 1.81. The van der Waals surface area contributed by atoms with Crippen LogP contribution in [0.5, 0.6) is 0 Å². The van der Waals surface area contributed by atoms with Gasteiger partial charge >= 0.3 is 6.09 Å². The number of carbonyl (C=O) groups excluding carboxylic acids is 1. The number of nitrogens with zero attached hydrogens (tertiary/aromatic N) is 1. The minimum Gasteiger partial charge on any atom is -0.444 e. The first kappa shape index (κ1) is 11.2. The molecule has 5 heteroatoms. The van der Waals surface area contributed by atoms with E-state index >= 15 is 0 Å². The highest BCUT2D eigenvalue weighted by Gasteiger charge is 2.63. The molecule has 0 spiro atoms. The Morgan fingerprint density at radius 3 is 2.69 bits per heavy atom. The van der Waals surface area contributed by atoms with Gasteiger partial charge < -0.3 is 14.8 Å². The first-order chi connectivity index (χ1) is 7.36. The Kier molecular flexibility index (Phi) is 2.35. The molecule has 1 heterocycles. The molecule has 0 radical (unpaired) electrons. The molecule has 1 N–H and O–H groups in total. The molecule has 1 amide bonds. The maximum Gasteiger partial charge on any atom is 0.408 e. The van der Waals surface area contributed by atoms with Crippen LogP contribution in [0.1, 0.15) is 27.2 Å². The Bertz CT molecular complexity index is 351. The third-order valence-corrected chi connectivity index (χ3v) is 2.75. The summed E-state index contributed by atoms with van der Waals surface area (Å²) in [4.78, 5) is 11.5. The van der Waals surface area contributed by atoms with E-state index in [0.29, 0.717) is 13.0 Å². The number of hydrogen-bond donors (Lipinski definition) is 1. The van der Waals surface area contributed by atoms with Gasteiger partial charge in [0.1, 0.15) is 11.1 Å². The van der Waals surface area contributed by atoms with Crippen LogP contribution < -0.4 is 5.32 Å². The molecule has 16 heavy (non-hydrogen) atoms. The van der Waals surface area contributed by atoms with Crippen molar-refractivity contribution in [2.24, 2.45) is 5.92 Å². The Morgan fingerprint density at radius 1 is 1.62 bits per heavy atom. The van der Waals surface area contributed by atoms with Crippen LogP contribution in [0.2, 0.25) is 0 Å². The minimum atomic E-state index is -0.760. The van der Waals surface area contributed by atoms with Crippen LogP contribution in [0, 0.1) is 17.2 Å². The van der Waals surface area contributed by atoms with Gasteiger partial charge in [0, 0.05) is 5.92 Å². The Balaban J connectivity index is 1.89. The van der Waals surface area contributed by atoms with Gasteiger partial charge in [0.05, 0.1) is 18.8 Å². The maximum absolute atomic E-state index is 11.5. The number of hydrogen-bond acceptors (Lipinski definition) is 4. The van der Waals surface area contributed by atoms with Crippen LogP contribution >= 0.6 is 0 Å². The van der Waals surface area contributed by atoms with Crippen molar-refractivity contribution in [2.75, 3.05) is 6.61 Å². The number of ether oxygens (including phenoxy) is 2. The molecular formula is C11H16N2O3. The average molecular weight is 224 g/mol. The molecule has 2 rings (SSSR count). The second-order valence-corrected chi connectivity index (χ2v) is 5.39. The van der Waals surface area contributed by atoms with Gasteiger partial charge in [0.25, 0.3) is 0 Å². The maximum atomic E-state index is 11.5. The summed E-state index contributed by atoms with van der Waals surface area (Å²) < 4.78 is 10.3. The van der Waals surface area contributed by atoms with Gasteiger partial charge in [-0.05, 0) is 27.2 Å². The van der Waals surface area contributed by atoms with Crippen molar-refractivity contribution in [3.8, 4) is 6.07 Å². The molecule has 5 nitrogen and oxygen atoms in total. The highest BCUT2D eigenvalue weighted by molar-refractivity contribution is 5.70. The van der Waals surface area contributed by atoms with E-state index in [9.17, 15) is 4.79 Å².